The van der Waals surface area contributed by atoms with Gasteiger partial charge in [-0.15, -0.1) is 0 Å². The molecule has 0 amide bonds. The molecule has 166 valence electrons. The smallest absolute Gasteiger partial charge is 0.104 e. The number of hydrogen-bond donors (Lipinski definition) is 0. The zero-order chi connectivity index (χ0) is 19.5. The van der Waals surface area contributed by atoms with E-state index < -0.39 is 0 Å². The summed E-state index contributed by atoms with van der Waals surface area (Å²) in [7, 11) is 0. The van der Waals surface area contributed by atoms with Gasteiger partial charge in [-0.3, -0.25) is 0 Å². The third kappa shape index (κ3) is 16.8. The molecule has 2 atom stereocenters. The van der Waals surface area contributed by atoms with Crippen LogP contribution in [0.2, 0.25) is 0 Å². The molecule has 0 bridgehead atoms. The van der Waals surface area contributed by atoms with Gasteiger partial charge in [-0.25, -0.2) is 0 Å². The van der Waals surface area contributed by atoms with Crippen LogP contribution in [0.4, 0.5) is 0 Å². The maximum Gasteiger partial charge on any atom is 0.104 e. The first kappa shape index (κ1) is 24.1. The van der Waals surface area contributed by atoms with Crippen LogP contribution < -0.4 is 0 Å². The van der Waals surface area contributed by atoms with Gasteiger partial charge in [0.2, 0.25) is 0 Å². The molecule has 28 heavy (non-hydrogen) atoms. The fraction of sp³-hybridized carbons (Fsp3) is 1.00. The van der Waals surface area contributed by atoms with Crippen LogP contribution in [0.3, 0.4) is 0 Å². The molecule has 2 saturated heterocycles. The second-order valence-corrected chi connectivity index (χ2v) is 8.72. The van der Waals surface area contributed by atoms with Gasteiger partial charge in [-0.1, -0.05) is 89.9 Å². The maximum absolute atomic E-state index is 5.57. The van der Waals surface area contributed by atoms with Gasteiger partial charge in [-0.05, 0) is 12.8 Å². The average Bonchev–Trinajstić information content (AvgIpc) is 3.61. The number of epoxide rings is 2. The highest BCUT2D eigenvalue weighted by atomic mass is 16.6. The molecule has 2 aliphatic heterocycles. The van der Waals surface area contributed by atoms with Gasteiger partial charge in [0.25, 0.3) is 0 Å². The zero-order valence-electron chi connectivity index (χ0n) is 18.3. The molecule has 0 aliphatic carbocycles. The lowest BCUT2D eigenvalue weighted by Gasteiger charge is -2.04. The molecule has 0 spiro atoms. The number of rotatable bonds is 23. The van der Waals surface area contributed by atoms with Gasteiger partial charge in [-0.2, -0.15) is 0 Å². The van der Waals surface area contributed by atoms with E-state index in [1.807, 2.05) is 0 Å². The Labute approximate surface area is 174 Å². The molecule has 0 radical (unpaired) electrons. The normalized spacial score (nSPS) is 20.6. The largest absolute Gasteiger partial charge is 0.379 e. The molecule has 4 heteroatoms. The lowest BCUT2D eigenvalue weighted by Crippen LogP contribution is -2.02. The predicted molar refractivity (Wildman–Crippen MR) is 115 cm³/mol. The van der Waals surface area contributed by atoms with Crippen molar-refractivity contribution in [2.75, 3.05) is 39.6 Å². The summed E-state index contributed by atoms with van der Waals surface area (Å²) in [6, 6.07) is 0. The maximum atomic E-state index is 5.57. The quantitative estimate of drug-likeness (QED) is 0.155. The van der Waals surface area contributed by atoms with Gasteiger partial charge < -0.3 is 18.9 Å². The van der Waals surface area contributed by atoms with Gasteiger partial charge in [0.1, 0.15) is 12.2 Å². The Kier molecular flexibility index (Phi) is 15.2. The van der Waals surface area contributed by atoms with E-state index in [1.54, 1.807) is 0 Å². The standard InChI is InChI=1S/C24H46O4/c1(3-5-7-9-11-13-15-17-25-19-23-21-27-23)2-4-6-8-10-12-14-16-18-26-20-24-22-28-24/h23-24H,1-22H2. The fourth-order valence-electron chi connectivity index (χ4n) is 3.64. The van der Waals surface area contributed by atoms with Crippen molar-refractivity contribution >= 4 is 0 Å². The summed E-state index contributed by atoms with van der Waals surface area (Å²) >= 11 is 0. The summed E-state index contributed by atoms with van der Waals surface area (Å²) in [4.78, 5) is 0. The monoisotopic (exact) mass is 398 g/mol. The molecule has 0 aromatic rings. The molecule has 0 saturated carbocycles. The highest BCUT2D eigenvalue weighted by Gasteiger charge is 2.22. The van der Waals surface area contributed by atoms with Gasteiger partial charge in [0, 0.05) is 13.2 Å². The molecular weight excluding hydrogens is 352 g/mol. The van der Waals surface area contributed by atoms with E-state index in [0.29, 0.717) is 12.2 Å². The van der Waals surface area contributed by atoms with E-state index in [2.05, 4.69) is 0 Å². The molecule has 2 fully saturated rings. The van der Waals surface area contributed by atoms with Crippen LogP contribution in [0.1, 0.15) is 103 Å². The van der Waals surface area contributed by atoms with Crippen LogP contribution in [0.15, 0.2) is 0 Å². The third-order valence-corrected chi connectivity index (χ3v) is 5.74. The molecule has 2 rings (SSSR count). The van der Waals surface area contributed by atoms with Crippen molar-refractivity contribution in [3.8, 4) is 0 Å². The van der Waals surface area contributed by atoms with Crippen LogP contribution in [0, 0.1) is 0 Å². The first-order valence-corrected chi connectivity index (χ1v) is 12.3. The van der Waals surface area contributed by atoms with Crippen LogP contribution in [0.5, 0.6) is 0 Å². The first-order valence-electron chi connectivity index (χ1n) is 12.3. The van der Waals surface area contributed by atoms with Crippen molar-refractivity contribution in [3.63, 3.8) is 0 Å². The molecule has 0 aromatic heterocycles. The lowest BCUT2D eigenvalue weighted by molar-refractivity contribution is 0.113. The molecule has 4 nitrogen and oxygen atoms in total. The fourth-order valence-corrected chi connectivity index (χ4v) is 3.64. The van der Waals surface area contributed by atoms with E-state index in [1.165, 1.54) is 103 Å². The van der Waals surface area contributed by atoms with Crippen LogP contribution in [0.25, 0.3) is 0 Å². The zero-order valence-corrected chi connectivity index (χ0v) is 18.3. The van der Waals surface area contributed by atoms with Crippen molar-refractivity contribution in [3.05, 3.63) is 0 Å². The highest BCUT2D eigenvalue weighted by molar-refractivity contribution is 4.67. The summed E-state index contributed by atoms with van der Waals surface area (Å²) < 4.78 is 21.4. The van der Waals surface area contributed by atoms with Gasteiger partial charge in [0.15, 0.2) is 0 Å². The predicted octanol–water partition coefficient (Wildman–Crippen LogP) is 6.06. The first-order chi connectivity index (χ1) is 13.9. The number of unbranched alkanes of at least 4 members (excludes halogenated alkanes) is 15. The average molecular weight is 399 g/mol. The Morgan fingerprint density at radius 2 is 0.679 bits per heavy atom. The minimum Gasteiger partial charge on any atom is -0.379 e. The lowest BCUT2D eigenvalue weighted by atomic mass is 10.0. The van der Waals surface area contributed by atoms with Crippen LogP contribution >= 0.6 is 0 Å². The topological polar surface area (TPSA) is 43.5 Å². The third-order valence-electron chi connectivity index (χ3n) is 5.74. The molecule has 0 aromatic carbocycles. The summed E-state index contributed by atoms with van der Waals surface area (Å²) in [6.07, 6.45) is 23.0. The molecule has 2 heterocycles. The minimum absolute atomic E-state index is 0.420. The Morgan fingerprint density at radius 3 is 0.929 bits per heavy atom. The van der Waals surface area contributed by atoms with E-state index in [9.17, 15) is 0 Å². The van der Waals surface area contributed by atoms with Crippen molar-refractivity contribution in [1.29, 1.82) is 0 Å². The van der Waals surface area contributed by atoms with Gasteiger partial charge >= 0.3 is 0 Å². The second-order valence-electron chi connectivity index (χ2n) is 8.72. The molecular formula is C24H46O4. The molecule has 2 aliphatic rings. The minimum atomic E-state index is 0.420. The van der Waals surface area contributed by atoms with Gasteiger partial charge in [0.05, 0.1) is 26.4 Å². The van der Waals surface area contributed by atoms with E-state index >= 15 is 0 Å². The van der Waals surface area contributed by atoms with E-state index in [4.69, 9.17) is 18.9 Å². The van der Waals surface area contributed by atoms with Crippen molar-refractivity contribution in [2.45, 2.75) is 115 Å². The summed E-state index contributed by atoms with van der Waals surface area (Å²) in [5, 5.41) is 0. The van der Waals surface area contributed by atoms with E-state index in [0.717, 1.165) is 39.6 Å². The van der Waals surface area contributed by atoms with Crippen molar-refractivity contribution in [2.24, 2.45) is 0 Å². The summed E-state index contributed by atoms with van der Waals surface area (Å²) in [5.41, 5.74) is 0. The summed E-state index contributed by atoms with van der Waals surface area (Å²) in [5.74, 6) is 0. The van der Waals surface area contributed by atoms with Crippen molar-refractivity contribution < 1.29 is 18.9 Å². The van der Waals surface area contributed by atoms with Crippen LogP contribution in [-0.2, 0) is 18.9 Å². The Bertz CT molecular complexity index is 297. The Balaban J connectivity index is 1.13. The van der Waals surface area contributed by atoms with Crippen LogP contribution in [-0.4, -0.2) is 51.8 Å². The SMILES string of the molecule is C(CCCCCCCCCOCC1CO1)CCCCCCCCOCC1CO1. The highest BCUT2D eigenvalue weighted by Crippen LogP contribution is 2.14. The molecule has 2 unspecified atom stereocenters. The second kappa shape index (κ2) is 17.7. The Hall–Kier alpha value is -0.160. The Morgan fingerprint density at radius 1 is 0.429 bits per heavy atom. The van der Waals surface area contributed by atoms with Crippen molar-refractivity contribution in [1.82, 2.24) is 0 Å². The molecule has 0 N–H and O–H groups in total. The summed E-state index contributed by atoms with van der Waals surface area (Å²) in [6.45, 7) is 5.29. The number of hydrogen-bond acceptors (Lipinski definition) is 4. The number of ether oxygens (including phenoxy) is 4. The van der Waals surface area contributed by atoms with E-state index in [-0.39, 0.29) is 0 Å².